The SMILES string of the molecule is CN(C)/C=C/C=C(/N)C(=O)OCC(O)COC(=O)/C(C#N)=C/C=C/N(C)C. The van der Waals surface area contributed by atoms with Crippen molar-refractivity contribution < 1.29 is 24.2 Å². The van der Waals surface area contributed by atoms with Crippen LogP contribution in [0.4, 0.5) is 0 Å². The van der Waals surface area contributed by atoms with Crippen molar-refractivity contribution in [3.05, 3.63) is 48.0 Å². The number of aliphatic hydroxyl groups excluding tert-OH is 1. The maximum atomic E-state index is 11.8. The summed E-state index contributed by atoms with van der Waals surface area (Å²) in [4.78, 5) is 26.9. The lowest BCUT2D eigenvalue weighted by Crippen LogP contribution is -2.27. The first-order valence-electron chi connectivity index (χ1n) is 7.95. The topological polar surface area (TPSA) is 129 Å². The fourth-order valence-electron chi connectivity index (χ4n) is 1.40. The minimum Gasteiger partial charge on any atom is -0.459 e. The normalized spacial score (nSPS) is 13.3. The summed E-state index contributed by atoms with van der Waals surface area (Å²) < 4.78 is 9.63. The van der Waals surface area contributed by atoms with Gasteiger partial charge < -0.3 is 30.1 Å². The largest absolute Gasteiger partial charge is 0.459 e. The third-order valence-corrected chi connectivity index (χ3v) is 2.70. The number of nitrogens with two attached hydrogens (primary N) is 1. The molecular weight excluding hydrogens is 352 g/mol. The second kappa shape index (κ2) is 13.0. The summed E-state index contributed by atoms with van der Waals surface area (Å²) in [6, 6.07) is 1.71. The van der Waals surface area contributed by atoms with E-state index in [9.17, 15) is 14.7 Å². The zero-order valence-corrected chi connectivity index (χ0v) is 16.0. The molecule has 0 aliphatic carbocycles. The number of aliphatic hydroxyl groups is 1. The van der Waals surface area contributed by atoms with E-state index < -0.39 is 31.3 Å². The van der Waals surface area contributed by atoms with Crippen LogP contribution < -0.4 is 5.73 Å². The zero-order valence-electron chi connectivity index (χ0n) is 16.0. The highest BCUT2D eigenvalue weighted by Crippen LogP contribution is 2.00. The number of hydrogen-bond donors (Lipinski definition) is 2. The van der Waals surface area contributed by atoms with Gasteiger partial charge in [0.1, 0.15) is 36.7 Å². The number of hydrogen-bond acceptors (Lipinski definition) is 9. The molecule has 0 aliphatic rings. The summed E-state index contributed by atoms with van der Waals surface area (Å²) in [6.07, 6.45) is 7.81. The van der Waals surface area contributed by atoms with Crippen molar-refractivity contribution in [2.24, 2.45) is 5.73 Å². The molecule has 3 N–H and O–H groups in total. The van der Waals surface area contributed by atoms with Crippen LogP contribution in [0.25, 0.3) is 0 Å². The van der Waals surface area contributed by atoms with Crippen molar-refractivity contribution in [3.8, 4) is 6.07 Å². The Morgan fingerprint density at radius 2 is 1.52 bits per heavy atom. The molecule has 1 atom stereocenters. The zero-order chi connectivity index (χ0) is 20.8. The third kappa shape index (κ3) is 11.9. The average Bonchev–Trinajstić information content (AvgIpc) is 2.60. The smallest absolute Gasteiger partial charge is 0.354 e. The van der Waals surface area contributed by atoms with E-state index in [4.69, 9.17) is 20.5 Å². The van der Waals surface area contributed by atoms with Crippen LogP contribution in [0.2, 0.25) is 0 Å². The second-order valence-corrected chi connectivity index (χ2v) is 5.78. The molecule has 0 saturated carbocycles. The fourth-order valence-corrected chi connectivity index (χ4v) is 1.40. The molecule has 0 aromatic carbocycles. The van der Waals surface area contributed by atoms with Gasteiger partial charge in [0.15, 0.2) is 0 Å². The molecule has 0 radical (unpaired) electrons. The molecular formula is C18H26N4O5. The number of nitriles is 1. The van der Waals surface area contributed by atoms with Crippen molar-refractivity contribution >= 4 is 11.9 Å². The lowest BCUT2D eigenvalue weighted by Gasteiger charge is -2.11. The van der Waals surface area contributed by atoms with Crippen LogP contribution in [-0.4, -0.2) is 74.4 Å². The van der Waals surface area contributed by atoms with Crippen LogP contribution in [0, 0.1) is 11.3 Å². The number of rotatable bonds is 10. The summed E-state index contributed by atoms with van der Waals surface area (Å²) in [5, 5.41) is 18.7. The van der Waals surface area contributed by atoms with Gasteiger partial charge >= 0.3 is 11.9 Å². The van der Waals surface area contributed by atoms with Gasteiger partial charge in [0.05, 0.1) is 0 Å². The third-order valence-electron chi connectivity index (χ3n) is 2.70. The van der Waals surface area contributed by atoms with Gasteiger partial charge in [0, 0.05) is 28.2 Å². The molecule has 9 heteroatoms. The van der Waals surface area contributed by atoms with Crippen LogP contribution in [0.15, 0.2) is 48.0 Å². The van der Waals surface area contributed by atoms with Gasteiger partial charge in [0.25, 0.3) is 0 Å². The van der Waals surface area contributed by atoms with Crippen LogP contribution in [0.1, 0.15) is 0 Å². The summed E-state index contributed by atoms with van der Waals surface area (Å²) in [7, 11) is 7.18. The number of allylic oxidation sites excluding steroid dienone is 4. The number of ether oxygens (including phenoxy) is 2. The Bertz CT molecular complexity index is 657. The van der Waals surface area contributed by atoms with E-state index in [1.165, 1.54) is 18.2 Å². The first kappa shape index (κ1) is 23.8. The molecule has 0 fully saturated rings. The predicted octanol–water partition coefficient (Wildman–Crippen LogP) is -0.123. The van der Waals surface area contributed by atoms with E-state index in [-0.39, 0.29) is 11.3 Å². The van der Waals surface area contributed by atoms with E-state index in [1.807, 2.05) is 14.1 Å². The van der Waals surface area contributed by atoms with Crippen molar-refractivity contribution in [1.82, 2.24) is 9.80 Å². The van der Waals surface area contributed by atoms with Crippen LogP contribution in [0.3, 0.4) is 0 Å². The molecule has 0 aromatic rings. The van der Waals surface area contributed by atoms with Gasteiger partial charge in [-0.05, 0) is 36.7 Å². The summed E-state index contributed by atoms with van der Waals surface area (Å²) >= 11 is 0. The van der Waals surface area contributed by atoms with E-state index >= 15 is 0 Å². The number of carbonyl (C=O) groups excluding carboxylic acids is 2. The van der Waals surface area contributed by atoms with Crippen molar-refractivity contribution in [3.63, 3.8) is 0 Å². The number of nitrogens with zero attached hydrogens (tertiary/aromatic N) is 3. The molecule has 0 bridgehead atoms. The van der Waals surface area contributed by atoms with Gasteiger partial charge in [0.2, 0.25) is 0 Å². The second-order valence-electron chi connectivity index (χ2n) is 5.78. The van der Waals surface area contributed by atoms with Gasteiger partial charge in [-0.15, -0.1) is 0 Å². The number of carbonyl (C=O) groups is 2. The van der Waals surface area contributed by atoms with Crippen LogP contribution in [0.5, 0.6) is 0 Å². The van der Waals surface area contributed by atoms with Crippen molar-refractivity contribution in [2.45, 2.75) is 6.10 Å². The van der Waals surface area contributed by atoms with E-state index in [0.29, 0.717) is 0 Å². The first-order chi connectivity index (χ1) is 12.7. The predicted molar refractivity (Wildman–Crippen MR) is 99.5 cm³/mol. The van der Waals surface area contributed by atoms with Crippen molar-refractivity contribution in [1.29, 1.82) is 5.26 Å². The Morgan fingerprint density at radius 3 is 2.00 bits per heavy atom. The highest BCUT2D eigenvalue weighted by molar-refractivity contribution is 5.93. The van der Waals surface area contributed by atoms with E-state index in [1.54, 1.807) is 48.4 Å². The quantitative estimate of drug-likeness (QED) is 0.231. The Hall–Kier alpha value is -3.25. The standard InChI is InChI=1S/C18H26N4O5/c1-21(2)9-5-7-14(11-19)17(24)26-12-15(23)13-27-18(25)16(20)8-6-10-22(3)4/h5-10,15,23H,12-13,20H2,1-4H3/b9-5+,10-6+,14-7+,16-8+. The molecule has 0 saturated heterocycles. The van der Waals surface area contributed by atoms with Gasteiger partial charge in [-0.2, -0.15) is 5.26 Å². The highest BCUT2D eigenvalue weighted by Gasteiger charge is 2.15. The van der Waals surface area contributed by atoms with Gasteiger partial charge in [-0.25, -0.2) is 9.59 Å². The molecule has 0 heterocycles. The Morgan fingerprint density at radius 1 is 1.04 bits per heavy atom. The minimum atomic E-state index is -1.25. The van der Waals surface area contributed by atoms with Gasteiger partial charge in [-0.1, -0.05) is 0 Å². The molecule has 0 rings (SSSR count). The summed E-state index contributed by atoms with van der Waals surface area (Å²) in [6.45, 7) is -0.850. The molecule has 0 aromatic heterocycles. The van der Waals surface area contributed by atoms with Crippen LogP contribution in [-0.2, 0) is 19.1 Å². The average molecular weight is 378 g/mol. The Balaban J connectivity index is 4.43. The molecule has 0 spiro atoms. The van der Waals surface area contributed by atoms with Gasteiger partial charge in [-0.3, -0.25) is 0 Å². The molecule has 27 heavy (non-hydrogen) atoms. The fraction of sp³-hybridized carbons (Fsp3) is 0.389. The first-order valence-corrected chi connectivity index (χ1v) is 7.95. The molecule has 0 amide bonds. The molecule has 0 aliphatic heterocycles. The lowest BCUT2D eigenvalue weighted by atomic mass is 10.2. The minimum absolute atomic E-state index is 0.139. The summed E-state index contributed by atoms with van der Waals surface area (Å²) in [5.41, 5.74) is 5.17. The number of esters is 2. The molecule has 9 nitrogen and oxygen atoms in total. The monoisotopic (exact) mass is 378 g/mol. The maximum absolute atomic E-state index is 11.8. The van der Waals surface area contributed by atoms with Crippen LogP contribution >= 0.6 is 0 Å². The Kier molecular flexibility index (Phi) is 11.5. The van der Waals surface area contributed by atoms with E-state index in [0.717, 1.165) is 0 Å². The summed E-state index contributed by atoms with van der Waals surface area (Å²) in [5.74, 6) is -1.70. The lowest BCUT2D eigenvalue weighted by molar-refractivity contribution is -0.147. The highest BCUT2D eigenvalue weighted by atomic mass is 16.6. The molecule has 148 valence electrons. The maximum Gasteiger partial charge on any atom is 0.354 e. The Labute approximate surface area is 159 Å². The van der Waals surface area contributed by atoms with E-state index in [2.05, 4.69) is 0 Å². The van der Waals surface area contributed by atoms with Crippen molar-refractivity contribution in [2.75, 3.05) is 41.4 Å². The molecule has 1 unspecified atom stereocenters.